The van der Waals surface area contributed by atoms with Crippen LogP contribution in [0, 0.1) is 10.1 Å². The van der Waals surface area contributed by atoms with Crippen molar-refractivity contribution in [1.29, 1.82) is 0 Å². The van der Waals surface area contributed by atoms with Crippen LogP contribution in [-0.4, -0.2) is 32.4 Å². The molecule has 2 aromatic heterocycles. The molecule has 0 radical (unpaired) electrons. The van der Waals surface area contributed by atoms with Gasteiger partial charge in [-0.3, -0.25) is 19.8 Å². The van der Waals surface area contributed by atoms with E-state index in [9.17, 15) is 10.1 Å². The third-order valence-electron chi connectivity index (χ3n) is 4.27. The summed E-state index contributed by atoms with van der Waals surface area (Å²) >= 11 is 0. The number of nitrogens with one attached hydrogen (secondary N) is 1. The normalized spacial score (nSPS) is 17.0. The number of hydrogen-bond donors (Lipinski definition) is 1. The van der Waals surface area contributed by atoms with Crippen molar-refractivity contribution in [1.82, 2.24) is 14.8 Å². The number of nitro benzene ring substituents is 1. The molecule has 0 spiro atoms. The maximum absolute atomic E-state index is 11.2. The first-order valence-electron chi connectivity index (χ1n) is 8.14. The Bertz CT molecular complexity index is 918. The lowest BCUT2D eigenvalue weighted by molar-refractivity contribution is -0.383. The number of aromatic nitrogens is 3. The molecular formula is C17H17N5O3. The van der Waals surface area contributed by atoms with Gasteiger partial charge in [0.1, 0.15) is 5.52 Å². The first-order chi connectivity index (χ1) is 12.2. The third-order valence-corrected chi connectivity index (χ3v) is 4.27. The molecule has 3 heterocycles. The highest BCUT2D eigenvalue weighted by Crippen LogP contribution is 2.31. The maximum atomic E-state index is 11.2. The van der Waals surface area contributed by atoms with Gasteiger partial charge in [0.25, 0.3) is 5.69 Å². The topological polar surface area (TPSA) is 95.1 Å². The van der Waals surface area contributed by atoms with E-state index in [-0.39, 0.29) is 11.8 Å². The number of anilines is 2. The molecule has 0 bridgehead atoms. The van der Waals surface area contributed by atoms with Gasteiger partial charge in [0.2, 0.25) is 0 Å². The molecule has 8 nitrogen and oxygen atoms in total. The van der Waals surface area contributed by atoms with Gasteiger partial charge < -0.3 is 10.1 Å². The van der Waals surface area contributed by atoms with Crippen molar-refractivity contribution in [3.05, 3.63) is 53.0 Å². The van der Waals surface area contributed by atoms with Gasteiger partial charge in [-0.2, -0.15) is 5.10 Å². The maximum Gasteiger partial charge on any atom is 0.278 e. The molecule has 128 valence electrons. The van der Waals surface area contributed by atoms with Crippen molar-refractivity contribution >= 4 is 28.0 Å². The van der Waals surface area contributed by atoms with Crippen LogP contribution in [0.4, 0.5) is 17.1 Å². The number of fused-ring (bicyclic) bond motifs is 1. The van der Waals surface area contributed by atoms with Gasteiger partial charge in [-0.15, -0.1) is 0 Å². The fourth-order valence-electron chi connectivity index (χ4n) is 3.10. The summed E-state index contributed by atoms with van der Waals surface area (Å²) in [5.41, 5.74) is 2.11. The Labute approximate surface area is 143 Å². The van der Waals surface area contributed by atoms with Gasteiger partial charge >= 0.3 is 0 Å². The van der Waals surface area contributed by atoms with E-state index >= 15 is 0 Å². The summed E-state index contributed by atoms with van der Waals surface area (Å²) in [6.45, 7) is 1.54. The first kappa shape index (κ1) is 15.5. The van der Waals surface area contributed by atoms with Crippen LogP contribution < -0.4 is 5.32 Å². The minimum Gasteiger partial charge on any atom is -0.376 e. The van der Waals surface area contributed by atoms with E-state index in [2.05, 4.69) is 15.4 Å². The lowest BCUT2D eigenvalue weighted by Crippen LogP contribution is -2.15. The molecule has 0 aliphatic carbocycles. The Kier molecular flexibility index (Phi) is 4.02. The first-order valence-corrected chi connectivity index (χ1v) is 8.14. The minimum absolute atomic E-state index is 0.0442. The molecule has 25 heavy (non-hydrogen) atoms. The van der Waals surface area contributed by atoms with E-state index in [0.717, 1.165) is 31.7 Å². The second-order valence-electron chi connectivity index (χ2n) is 6.00. The molecule has 1 aliphatic heterocycles. The Balaban J connectivity index is 1.59. The van der Waals surface area contributed by atoms with E-state index in [1.807, 2.05) is 10.9 Å². The monoisotopic (exact) mass is 339 g/mol. The average molecular weight is 339 g/mol. The summed E-state index contributed by atoms with van der Waals surface area (Å²) in [6.07, 6.45) is 7.62. The fraction of sp³-hybridized carbons (Fsp3) is 0.294. The summed E-state index contributed by atoms with van der Waals surface area (Å²) in [5.74, 6) is 0. The van der Waals surface area contributed by atoms with Crippen LogP contribution in [0.1, 0.15) is 12.8 Å². The number of ether oxygens (including phenoxy) is 1. The molecule has 0 unspecified atom stereocenters. The fourth-order valence-corrected chi connectivity index (χ4v) is 3.10. The quantitative estimate of drug-likeness (QED) is 0.566. The predicted molar refractivity (Wildman–Crippen MR) is 92.9 cm³/mol. The van der Waals surface area contributed by atoms with Crippen molar-refractivity contribution in [2.45, 2.75) is 25.5 Å². The summed E-state index contributed by atoms with van der Waals surface area (Å²) in [6, 6.07) is 6.55. The van der Waals surface area contributed by atoms with Gasteiger partial charge in [0.15, 0.2) is 0 Å². The van der Waals surface area contributed by atoms with Crippen LogP contribution in [-0.2, 0) is 11.3 Å². The molecule has 1 aliphatic rings. The van der Waals surface area contributed by atoms with Crippen LogP contribution in [0.15, 0.2) is 42.9 Å². The SMILES string of the molecule is O=[N+]([O-])c1ccc(Nc2cnn(C[C@H]3CCCO3)c2)c2ncccc12. The van der Waals surface area contributed by atoms with Crippen LogP contribution in [0.25, 0.3) is 10.9 Å². The van der Waals surface area contributed by atoms with E-state index in [0.29, 0.717) is 16.6 Å². The lowest BCUT2D eigenvalue weighted by Gasteiger charge is -2.09. The summed E-state index contributed by atoms with van der Waals surface area (Å²) in [4.78, 5) is 15.1. The van der Waals surface area contributed by atoms with Crippen molar-refractivity contribution in [3.8, 4) is 0 Å². The van der Waals surface area contributed by atoms with Crippen LogP contribution in [0.2, 0.25) is 0 Å². The molecule has 1 N–H and O–H groups in total. The third kappa shape index (κ3) is 3.16. The molecule has 0 amide bonds. The summed E-state index contributed by atoms with van der Waals surface area (Å²) in [7, 11) is 0. The van der Waals surface area contributed by atoms with E-state index < -0.39 is 4.92 Å². The second-order valence-corrected chi connectivity index (χ2v) is 6.00. The van der Waals surface area contributed by atoms with Crippen molar-refractivity contribution in [2.24, 2.45) is 0 Å². The molecule has 4 rings (SSSR count). The van der Waals surface area contributed by atoms with Gasteiger partial charge in [-0.25, -0.2) is 0 Å². The van der Waals surface area contributed by atoms with Crippen molar-refractivity contribution in [2.75, 3.05) is 11.9 Å². The number of nitrogens with zero attached hydrogens (tertiary/aromatic N) is 4. The predicted octanol–water partition coefficient (Wildman–Crippen LogP) is 3.26. The molecule has 1 atom stereocenters. The minimum atomic E-state index is -0.395. The highest BCUT2D eigenvalue weighted by atomic mass is 16.6. The zero-order chi connectivity index (χ0) is 17.2. The average Bonchev–Trinajstić information content (AvgIpc) is 3.27. The van der Waals surface area contributed by atoms with Gasteiger partial charge in [-0.1, -0.05) is 0 Å². The Morgan fingerprint density at radius 1 is 1.40 bits per heavy atom. The van der Waals surface area contributed by atoms with Crippen molar-refractivity contribution in [3.63, 3.8) is 0 Å². The summed E-state index contributed by atoms with van der Waals surface area (Å²) < 4.78 is 7.47. The number of pyridine rings is 1. The van der Waals surface area contributed by atoms with E-state index in [1.54, 1.807) is 30.6 Å². The number of benzene rings is 1. The summed E-state index contributed by atoms with van der Waals surface area (Å²) in [5, 5.41) is 19.3. The van der Waals surface area contributed by atoms with E-state index in [1.165, 1.54) is 6.07 Å². The highest BCUT2D eigenvalue weighted by Gasteiger charge is 2.17. The highest BCUT2D eigenvalue weighted by molar-refractivity contribution is 5.97. The number of hydrogen-bond acceptors (Lipinski definition) is 6. The molecular weight excluding hydrogens is 322 g/mol. The van der Waals surface area contributed by atoms with Gasteiger partial charge in [0.05, 0.1) is 40.5 Å². The van der Waals surface area contributed by atoms with E-state index in [4.69, 9.17) is 4.74 Å². The second kappa shape index (κ2) is 6.48. The zero-order valence-corrected chi connectivity index (χ0v) is 13.5. The Morgan fingerprint density at radius 3 is 3.12 bits per heavy atom. The molecule has 1 aromatic carbocycles. The molecule has 1 saturated heterocycles. The van der Waals surface area contributed by atoms with Gasteiger partial charge in [0, 0.05) is 25.1 Å². The standard InChI is InChI=1S/C17H17N5O3/c23-22(24)16-6-5-15(17-14(16)4-1-7-18-17)20-12-9-19-21(10-12)11-13-3-2-8-25-13/h1,4-7,9-10,13,20H,2-3,8,11H2/t13-/m1/s1. The number of nitro groups is 1. The Morgan fingerprint density at radius 2 is 2.32 bits per heavy atom. The zero-order valence-electron chi connectivity index (χ0n) is 13.5. The number of rotatable bonds is 5. The molecule has 3 aromatic rings. The molecule has 1 fully saturated rings. The van der Waals surface area contributed by atoms with Crippen LogP contribution in [0.5, 0.6) is 0 Å². The Hall–Kier alpha value is -3.00. The molecule has 8 heteroatoms. The largest absolute Gasteiger partial charge is 0.376 e. The van der Waals surface area contributed by atoms with Gasteiger partial charge in [-0.05, 0) is 31.0 Å². The number of non-ortho nitro benzene ring substituents is 1. The van der Waals surface area contributed by atoms with Crippen LogP contribution in [0.3, 0.4) is 0 Å². The molecule has 0 saturated carbocycles. The van der Waals surface area contributed by atoms with Crippen molar-refractivity contribution < 1.29 is 9.66 Å². The van der Waals surface area contributed by atoms with Crippen LogP contribution >= 0.6 is 0 Å². The smallest absolute Gasteiger partial charge is 0.278 e. The lowest BCUT2D eigenvalue weighted by atomic mass is 10.1.